The number of benzene rings is 2. The van der Waals surface area contributed by atoms with Gasteiger partial charge in [0.15, 0.2) is 9.84 Å². The van der Waals surface area contributed by atoms with Crippen molar-refractivity contribution in [3.63, 3.8) is 0 Å². The van der Waals surface area contributed by atoms with Gasteiger partial charge in [-0.2, -0.15) is 0 Å². The molecule has 2 aromatic rings. The molecular formula is C19H20Cl2N2O5S2. The zero-order valence-electron chi connectivity index (χ0n) is 15.8. The number of rotatable bonds is 7. The van der Waals surface area contributed by atoms with E-state index < -0.39 is 25.1 Å². The van der Waals surface area contributed by atoms with Crippen molar-refractivity contribution in [2.24, 2.45) is 0 Å². The third-order valence-corrected chi connectivity index (χ3v) is 9.43. The van der Waals surface area contributed by atoms with Crippen LogP contribution in [-0.4, -0.2) is 52.5 Å². The summed E-state index contributed by atoms with van der Waals surface area (Å²) in [6.45, 7) is 0.229. The van der Waals surface area contributed by atoms with Crippen molar-refractivity contribution in [2.75, 3.05) is 19.6 Å². The van der Waals surface area contributed by atoms with Crippen LogP contribution >= 0.6 is 23.2 Å². The fraction of sp³-hybridized carbons (Fsp3) is 0.316. The molecule has 1 aliphatic rings. The summed E-state index contributed by atoms with van der Waals surface area (Å²) in [5.74, 6) is -0.325. The lowest BCUT2D eigenvalue weighted by atomic mass is 10.4. The summed E-state index contributed by atoms with van der Waals surface area (Å²) in [5.41, 5.74) is 0. The van der Waals surface area contributed by atoms with Crippen LogP contribution in [0.5, 0.6) is 0 Å². The van der Waals surface area contributed by atoms with Gasteiger partial charge in [-0.1, -0.05) is 47.5 Å². The molecule has 7 nitrogen and oxygen atoms in total. The van der Waals surface area contributed by atoms with Gasteiger partial charge in [-0.15, -0.1) is 0 Å². The molecule has 0 aliphatic carbocycles. The van der Waals surface area contributed by atoms with Gasteiger partial charge in [-0.25, -0.2) is 21.6 Å². The van der Waals surface area contributed by atoms with Crippen LogP contribution in [0.2, 0.25) is 10.0 Å². The Hall–Kier alpha value is -1.65. The molecule has 3 rings (SSSR count). The first kappa shape index (κ1) is 23.0. The summed E-state index contributed by atoms with van der Waals surface area (Å²) in [6.07, 6.45) is 0.226. The van der Waals surface area contributed by atoms with E-state index in [2.05, 4.69) is 4.72 Å². The molecule has 30 heavy (non-hydrogen) atoms. The Labute approximate surface area is 186 Å². The standard InChI is InChI=1S/C19H20Cl2N2O5S2/c20-16-7-4-8-17(21)19(16)30(27,28)22-11-9-18(24)23-12-10-15(13-23)29(25,26)14-5-2-1-3-6-14/h1-8,15,22H,9-13H2. The van der Waals surface area contributed by atoms with E-state index in [1.165, 1.54) is 35.2 Å². The highest BCUT2D eigenvalue weighted by Crippen LogP contribution is 2.29. The number of carbonyl (C=O) groups is 1. The van der Waals surface area contributed by atoms with Crippen molar-refractivity contribution < 1.29 is 21.6 Å². The Morgan fingerprint density at radius 2 is 1.63 bits per heavy atom. The average Bonchev–Trinajstić information content (AvgIpc) is 3.19. The maximum Gasteiger partial charge on any atom is 0.243 e. The number of carbonyl (C=O) groups excluding carboxylic acids is 1. The topological polar surface area (TPSA) is 101 Å². The van der Waals surface area contributed by atoms with Crippen molar-refractivity contribution >= 4 is 49.0 Å². The average molecular weight is 491 g/mol. The van der Waals surface area contributed by atoms with E-state index in [4.69, 9.17) is 23.2 Å². The lowest BCUT2D eigenvalue weighted by molar-refractivity contribution is -0.129. The normalized spacial score (nSPS) is 17.3. The quantitative estimate of drug-likeness (QED) is 0.642. The van der Waals surface area contributed by atoms with Gasteiger partial charge in [-0.05, 0) is 30.7 Å². The predicted molar refractivity (Wildman–Crippen MR) is 115 cm³/mol. The minimum Gasteiger partial charge on any atom is -0.341 e. The Balaban J connectivity index is 1.58. The number of nitrogens with one attached hydrogen (secondary N) is 1. The summed E-state index contributed by atoms with van der Waals surface area (Å²) < 4.78 is 52.6. The summed E-state index contributed by atoms with van der Waals surface area (Å²) in [5, 5.41) is -0.716. The minimum absolute atomic E-state index is 0.0187. The number of halogens is 2. The second-order valence-corrected chi connectivity index (χ2v) is 11.6. The molecule has 1 unspecified atom stereocenters. The third-order valence-electron chi connectivity index (χ3n) is 4.83. The molecule has 1 fully saturated rings. The predicted octanol–water partition coefficient (Wildman–Crippen LogP) is 2.74. The summed E-state index contributed by atoms with van der Waals surface area (Å²) in [7, 11) is -7.52. The van der Waals surface area contributed by atoms with Crippen LogP contribution in [0.1, 0.15) is 12.8 Å². The second kappa shape index (κ2) is 9.23. The minimum atomic E-state index is -3.99. The van der Waals surface area contributed by atoms with Gasteiger partial charge in [0, 0.05) is 26.1 Å². The van der Waals surface area contributed by atoms with E-state index in [-0.39, 0.29) is 45.3 Å². The van der Waals surface area contributed by atoms with Crippen LogP contribution in [0, 0.1) is 0 Å². The van der Waals surface area contributed by atoms with E-state index in [0.717, 1.165) is 0 Å². The van der Waals surface area contributed by atoms with Crippen LogP contribution in [0.3, 0.4) is 0 Å². The number of hydrogen-bond donors (Lipinski definition) is 1. The summed E-state index contributed by atoms with van der Waals surface area (Å²) in [4.78, 5) is 13.9. The molecule has 1 amide bonds. The van der Waals surface area contributed by atoms with Crippen LogP contribution in [0.25, 0.3) is 0 Å². The monoisotopic (exact) mass is 490 g/mol. The van der Waals surface area contributed by atoms with E-state index in [1.807, 2.05) is 0 Å². The van der Waals surface area contributed by atoms with Gasteiger partial charge < -0.3 is 4.90 Å². The molecule has 1 saturated heterocycles. The third kappa shape index (κ3) is 4.97. The number of amides is 1. The van der Waals surface area contributed by atoms with Crippen molar-refractivity contribution in [3.05, 3.63) is 58.6 Å². The molecule has 11 heteroatoms. The van der Waals surface area contributed by atoms with Crippen molar-refractivity contribution in [2.45, 2.75) is 27.9 Å². The maximum absolute atomic E-state index is 12.7. The summed E-state index contributed by atoms with van der Waals surface area (Å²) in [6, 6.07) is 12.5. The largest absolute Gasteiger partial charge is 0.341 e. The molecule has 1 N–H and O–H groups in total. The first-order chi connectivity index (χ1) is 14.1. The first-order valence-corrected chi connectivity index (χ1v) is 12.9. The highest BCUT2D eigenvalue weighted by molar-refractivity contribution is 7.92. The van der Waals surface area contributed by atoms with Crippen molar-refractivity contribution in [3.8, 4) is 0 Å². The molecule has 0 spiro atoms. The Kier molecular flexibility index (Phi) is 7.09. The molecular weight excluding hydrogens is 471 g/mol. The smallest absolute Gasteiger partial charge is 0.243 e. The summed E-state index contributed by atoms with van der Waals surface area (Å²) >= 11 is 11.9. The highest BCUT2D eigenvalue weighted by atomic mass is 35.5. The number of sulfone groups is 1. The number of sulfonamides is 1. The van der Waals surface area contributed by atoms with Crippen LogP contribution < -0.4 is 4.72 Å². The molecule has 162 valence electrons. The van der Waals surface area contributed by atoms with Gasteiger partial charge in [-0.3, -0.25) is 4.79 Å². The van der Waals surface area contributed by atoms with Gasteiger partial charge in [0.05, 0.1) is 20.2 Å². The maximum atomic E-state index is 12.7. The lowest BCUT2D eigenvalue weighted by Crippen LogP contribution is -2.35. The molecule has 1 aliphatic heterocycles. The van der Waals surface area contributed by atoms with Crippen molar-refractivity contribution in [1.29, 1.82) is 0 Å². The molecule has 0 aromatic heterocycles. The zero-order valence-corrected chi connectivity index (χ0v) is 18.9. The molecule has 0 bridgehead atoms. The number of nitrogens with zero attached hydrogens (tertiary/aromatic N) is 1. The first-order valence-electron chi connectivity index (χ1n) is 9.13. The van der Waals surface area contributed by atoms with Crippen molar-refractivity contribution in [1.82, 2.24) is 9.62 Å². The molecule has 0 saturated carbocycles. The van der Waals surface area contributed by atoms with Gasteiger partial charge in [0.1, 0.15) is 4.90 Å². The molecule has 1 atom stereocenters. The van der Waals surface area contributed by atoms with Gasteiger partial charge in [0.25, 0.3) is 0 Å². The van der Waals surface area contributed by atoms with E-state index in [9.17, 15) is 21.6 Å². The zero-order chi connectivity index (χ0) is 21.9. The Morgan fingerprint density at radius 3 is 2.27 bits per heavy atom. The molecule has 1 heterocycles. The van der Waals surface area contributed by atoms with Crippen LogP contribution in [-0.2, 0) is 24.7 Å². The van der Waals surface area contributed by atoms with Gasteiger partial charge in [0.2, 0.25) is 15.9 Å². The molecule has 2 aromatic carbocycles. The second-order valence-electron chi connectivity index (χ2n) is 6.81. The fourth-order valence-electron chi connectivity index (χ4n) is 3.27. The fourth-order valence-corrected chi connectivity index (χ4v) is 7.16. The van der Waals surface area contributed by atoms with E-state index in [0.29, 0.717) is 13.0 Å². The molecule has 0 radical (unpaired) electrons. The number of likely N-dealkylation sites (tertiary alicyclic amines) is 1. The van der Waals surface area contributed by atoms with Crippen LogP contribution in [0.4, 0.5) is 0 Å². The highest BCUT2D eigenvalue weighted by Gasteiger charge is 2.36. The Morgan fingerprint density at radius 1 is 1.00 bits per heavy atom. The number of hydrogen-bond acceptors (Lipinski definition) is 5. The van der Waals surface area contributed by atoms with Crippen LogP contribution in [0.15, 0.2) is 58.3 Å². The van der Waals surface area contributed by atoms with Gasteiger partial charge >= 0.3 is 0 Å². The Bertz CT molecular complexity index is 1120. The van der Waals surface area contributed by atoms with E-state index in [1.54, 1.807) is 18.2 Å². The lowest BCUT2D eigenvalue weighted by Gasteiger charge is -2.17. The van der Waals surface area contributed by atoms with E-state index >= 15 is 0 Å². The SMILES string of the molecule is O=C(CCNS(=O)(=O)c1c(Cl)cccc1Cl)N1CCC(S(=O)(=O)c2ccccc2)C1.